The Labute approximate surface area is 127 Å². The Morgan fingerprint density at radius 2 is 1.67 bits per heavy atom. The van der Waals surface area contributed by atoms with Gasteiger partial charge in [-0.05, 0) is 74.0 Å². The topological polar surface area (TPSA) is 35.2 Å². The van der Waals surface area contributed by atoms with Crippen LogP contribution in [0.4, 0.5) is 0 Å². The van der Waals surface area contributed by atoms with E-state index in [2.05, 4.69) is 63.2 Å². The van der Waals surface area contributed by atoms with E-state index in [0.717, 1.165) is 12.2 Å². The maximum Gasteiger partial charge on any atom is 0.119 e. The maximum absolute atomic E-state index is 5.95. The predicted octanol–water partition coefficient (Wildman–Crippen LogP) is 4.12. The summed E-state index contributed by atoms with van der Waals surface area (Å²) in [5.41, 5.74) is 11.1. The molecule has 0 aliphatic carbocycles. The van der Waals surface area contributed by atoms with Crippen molar-refractivity contribution in [2.75, 3.05) is 13.2 Å². The molecule has 0 aromatic heterocycles. The minimum absolute atomic E-state index is 0.358. The van der Waals surface area contributed by atoms with Crippen molar-refractivity contribution < 1.29 is 4.74 Å². The van der Waals surface area contributed by atoms with Gasteiger partial charge in [-0.3, -0.25) is 0 Å². The van der Waals surface area contributed by atoms with Gasteiger partial charge in [0.05, 0.1) is 6.61 Å². The first-order valence-corrected chi connectivity index (χ1v) is 7.57. The van der Waals surface area contributed by atoms with E-state index < -0.39 is 0 Å². The third kappa shape index (κ3) is 4.33. The lowest BCUT2D eigenvalue weighted by Gasteiger charge is -2.18. The summed E-state index contributed by atoms with van der Waals surface area (Å²) in [4.78, 5) is 0. The van der Waals surface area contributed by atoms with Gasteiger partial charge in [0.2, 0.25) is 0 Å². The molecular weight excluding hydrogens is 258 g/mol. The zero-order chi connectivity index (χ0) is 15.2. The lowest BCUT2D eigenvalue weighted by Crippen LogP contribution is -2.16. The number of hydrogen-bond donors (Lipinski definition) is 1. The number of rotatable bonds is 6. The number of hydrogen-bond acceptors (Lipinski definition) is 2. The molecule has 112 valence electrons. The Morgan fingerprint density at radius 1 is 1.00 bits per heavy atom. The molecule has 0 aliphatic rings. The summed E-state index contributed by atoms with van der Waals surface area (Å²) in [5, 5.41) is 0. The lowest BCUT2D eigenvalue weighted by molar-refractivity contribution is 0.298. The fourth-order valence-electron chi connectivity index (χ4n) is 2.78. The molecule has 0 heterocycles. The first kappa shape index (κ1) is 15.6. The van der Waals surface area contributed by atoms with E-state index in [0.29, 0.717) is 19.1 Å². The van der Waals surface area contributed by atoms with Gasteiger partial charge in [-0.25, -0.2) is 0 Å². The molecule has 2 heteroatoms. The molecule has 0 fully saturated rings. The number of aryl methyl sites for hydroxylation is 3. The average molecular weight is 283 g/mol. The van der Waals surface area contributed by atoms with E-state index in [4.69, 9.17) is 10.5 Å². The molecule has 2 aromatic rings. The fraction of sp³-hybridized carbons (Fsp3) is 0.368. The molecule has 0 spiro atoms. The van der Waals surface area contributed by atoms with Crippen molar-refractivity contribution in [1.29, 1.82) is 0 Å². The van der Waals surface area contributed by atoms with Crippen LogP contribution in [-0.4, -0.2) is 13.2 Å². The summed E-state index contributed by atoms with van der Waals surface area (Å²) in [6.45, 7) is 7.68. The molecule has 2 N–H and O–H groups in total. The molecule has 2 aromatic carbocycles. The van der Waals surface area contributed by atoms with Gasteiger partial charge >= 0.3 is 0 Å². The normalized spacial score (nSPS) is 12.2. The molecule has 21 heavy (non-hydrogen) atoms. The van der Waals surface area contributed by atoms with Gasteiger partial charge < -0.3 is 10.5 Å². The molecule has 0 amide bonds. The second-order valence-corrected chi connectivity index (χ2v) is 5.75. The SMILES string of the molecule is Cc1cc(C)cc(OCCC(CN)c2ccccc2C)c1. The minimum atomic E-state index is 0.358. The Hall–Kier alpha value is -1.80. The van der Waals surface area contributed by atoms with Crippen molar-refractivity contribution in [3.63, 3.8) is 0 Å². The molecule has 0 bridgehead atoms. The first-order valence-electron chi connectivity index (χ1n) is 7.57. The van der Waals surface area contributed by atoms with Gasteiger partial charge in [-0.1, -0.05) is 30.3 Å². The van der Waals surface area contributed by atoms with Crippen LogP contribution in [0, 0.1) is 20.8 Å². The van der Waals surface area contributed by atoms with Crippen LogP contribution in [0.25, 0.3) is 0 Å². The maximum atomic E-state index is 5.95. The molecule has 2 rings (SSSR count). The Morgan fingerprint density at radius 3 is 2.29 bits per heavy atom. The third-order valence-corrected chi connectivity index (χ3v) is 3.84. The van der Waals surface area contributed by atoms with Gasteiger partial charge in [0.25, 0.3) is 0 Å². The number of nitrogens with two attached hydrogens (primary N) is 1. The summed E-state index contributed by atoms with van der Waals surface area (Å²) < 4.78 is 5.91. The molecule has 0 saturated carbocycles. The monoisotopic (exact) mass is 283 g/mol. The van der Waals surface area contributed by atoms with E-state index in [1.54, 1.807) is 0 Å². The van der Waals surface area contributed by atoms with Gasteiger partial charge in [-0.2, -0.15) is 0 Å². The van der Waals surface area contributed by atoms with Gasteiger partial charge in [-0.15, -0.1) is 0 Å². The molecular formula is C19H25NO. The summed E-state index contributed by atoms with van der Waals surface area (Å²) >= 11 is 0. The standard InChI is InChI=1S/C19H25NO/c1-14-10-15(2)12-18(11-14)21-9-8-17(13-20)19-7-5-4-6-16(19)3/h4-7,10-12,17H,8-9,13,20H2,1-3H3. The van der Waals surface area contributed by atoms with Gasteiger partial charge in [0.1, 0.15) is 5.75 Å². The van der Waals surface area contributed by atoms with Crippen LogP contribution >= 0.6 is 0 Å². The molecule has 0 saturated heterocycles. The predicted molar refractivity (Wildman–Crippen MR) is 89.0 cm³/mol. The Bertz CT molecular complexity index is 572. The van der Waals surface area contributed by atoms with E-state index >= 15 is 0 Å². The van der Waals surface area contributed by atoms with E-state index in [9.17, 15) is 0 Å². The van der Waals surface area contributed by atoms with Crippen molar-refractivity contribution in [2.24, 2.45) is 5.73 Å². The van der Waals surface area contributed by atoms with Crippen LogP contribution in [0.5, 0.6) is 5.75 Å². The lowest BCUT2D eigenvalue weighted by atomic mass is 9.92. The van der Waals surface area contributed by atoms with Crippen LogP contribution in [0.3, 0.4) is 0 Å². The fourth-order valence-corrected chi connectivity index (χ4v) is 2.78. The van der Waals surface area contributed by atoms with Crippen LogP contribution < -0.4 is 10.5 Å². The number of benzene rings is 2. The van der Waals surface area contributed by atoms with Gasteiger partial charge in [0.15, 0.2) is 0 Å². The average Bonchev–Trinajstić information content (AvgIpc) is 2.44. The van der Waals surface area contributed by atoms with Gasteiger partial charge in [0, 0.05) is 0 Å². The third-order valence-electron chi connectivity index (χ3n) is 3.84. The quantitative estimate of drug-likeness (QED) is 0.865. The van der Waals surface area contributed by atoms with Crippen LogP contribution in [-0.2, 0) is 0 Å². The number of ether oxygens (including phenoxy) is 1. The van der Waals surface area contributed by atoms with Crippen molar-refractivity contribution in [2.45, 2.75) is 33.1 Å². The molecule has 0 aliphatic heterocycles. The molecule has 1 atom stereocenters. The first-order chi connectivity index (χ1) is 10.1. The highest BCUT2D eigenvalue weighted by Gasteiger charge is 2.12. The van der Waals surface area contributed by atoms with Crippen LogP contribution in [0.1, 0.15) is 34.6 Å². The molecule has 1 unspecified atom stereocenters. The summed E-state index contributed by atoms with van der Waals surface area (Å²) in [7, 11) is 0. The van der Waals surface area contributed by atoms with E-state index in [1.807, 2.05) is 0 Å². The van der Waals surface area contributed by atoms with Crippen LogP contribution in [0.15, 0.2) is 42.5 Å². The Balaban J connectivity index is 1.96. The molecule has 0 radical (unpaired) electrons. The Kier molecular flexibility index (Phi) is 5.40. The summed E-state index contributed by atoms with van der Waals surface area (Å²) in [6, 6.07) is 14.8. The van der Waals surface area contributed by atoms with Crippen molar-refractivity contribution in [3.05, 3.63) is 64.7 Å². The van der Waals surface area contributed by atoms with Crippen molar-refractivity contribution in [3.8, 4) is 5.75 Å². The second-order valence-electron chi connectivity index (χ2n) is 5.75. The zero-order valence-corrected chi connectivity index (χ0v) is 13.2. The van der Waals surface area contributed by atoms with E-state index in [-0.39, 0.29) is 0 Å². The highest BCUT2D eigenvalue weighted by Crippen LogP contribution is 2.23. The van der Waals surface area contributed by atoms with Crippen molar-refractivity contribution >= 4 is 0 Å². The summed E-state index contributed by atoms with van der Waals surface area (Å²) in [5.74, 6) is 1.31. The second kappa shape index (κ2) is 7.28. The molecule has 2 nitrogen and oxygen atoms in total. The highest BCUT2D eigenvalue weighted by atomic mass is 16.5. The van der Waals surface area contributed by atoms with E-state index in [1.165, 1.54) is 22.3 Å². The van der Waals surface area contributed by atoms with Crippen LogP contribution in [0.2, 0.25) is 0 Å². The summed E-state index contributed by atoms with van der Waals surface area (Å²) in [6.07, 6.45) is 0.939. The highest BCUT2D eigenvalue weighted by molar-refractivity contribution is 5.33. The zero-order valence-electron chi connectivity index (χ0n) is 13.2. The smallest absolute Gasteiger partial charge is 0.119 e. The minimum Gasteiger partial charge on any atom is -0.494 e. The van der Waals surface area contributed by atoms with Crippen molar-refractivity contribution in [1.82, 2.24) is 0 Å². The largest absolute Gasteiger partial charge is 0.494 e.